The van der Waals surface area contributed by atoms with Crippen molar-refractivity contribution in [2.75, 3.05) is 26.2 Å². The summed E-state index contributed by atoms with van der Waals surface area (Å²) in [6, 6.07) is 0. The molecule has 1 amide bonds. The van der Waals surface area contributed by atoms with Crippen LogP contribution in [0.4, 0.5) is 0 Å². The topological polar surface area (TPSA) is 50.2 Å². The molecule has 1 N–H and O–H groups in total. The van der Waals surface area contributed by atoms with E-state index in [2.05, 4.69) is 24.3 Å². The molecule has 1 saturated heterocycles. The fourth-order valence-corrected chi connectivity index (χ4v) is 2.30. The lowest BCUT2D eigenvalue weighted by Crippen LogP contribution is -2.46. The number of amides is 1. The van der Waals surface area contributed by atoms with Gasteiger partial charge in [-0.25, -0.2) is 0 Å². The first kappa shape index (κ1) is 17.0. The second-order valence-electron chi connectivity index (χ2n) is 5.59. The zero-order valence-electron chi connectivity index (χ0n) is 12.6. The van der Waals surface area contributed by atoms with E-state index in [4.69, 9.17) is 0 Å². The number of nitrogens with zero attached hydrogens (tertiary/aromatic N) is 3. The van der Waals surface area contributed by atoms with Crippen LogP contribution in [0.15, 0.2) is 6.20 Å². The average molecular weight is 301 g/mol. The van der Waals surface area contributed by atoms with Crippen LogP contribution in [0.1, 0.15) is 36.3 Å². The Labute approximate surface area is 127 Å². The van der Waals surface area contributed by atoms with E-state index in [1.54, 1.807) is 6.20 Å². The number of nitrogens with one attached hydrogen (secondary N) is 1. The van der Waals surface area contributed by atoms with Crippen molar-refractivity contribution in [2.45, 2.75) is 33.7 Å². The summed E-state index contributed by atoms with van der Waals surface area (Å²) < 4.78 is 1.95. The lowest BCUT2D eigenvalue weighted by molar-refractivity contribution is 0.0735. The maximum Gasteiger partial charge on any atom is 0.257 e. The number of hydrogen-bond donors (Lipinski definition) is 1. The normalized spacial score (nSPS) is 15.3. The van der Waals surface area contributed by atoms with Gasteiger partial charge in [-0.1, -0.05) is 13.8 Å². The van der Waals surface area contributed by atoms with Gasteiger partial charge in [-0.15, -0.1) is 12.4 Å². The summed E-state index contributed by atoms with van der Waals surface area (Å²) in [6.45, 7) is 10.6. The predicted molar refractivity (Wildman–Crippen MR) is 82.4 cm³/mol. The molecule has 2 heterocycles. The summed E-state index contributed by atoms with van der Waals surface area (Å²) >= 11 is 0. The monoisotopic (exact) mass is 300 g/mol. The first-order valence-electron chi connectivity index (χ1n) is 7.12. The van der Waals surface area contributed by atoms with Gasteiger partial charge in [0.1, 0.15) is 0 Å². The van der Waals surface area contributed by atoms with E-state index in [0.717, 1.165) is 50.4 Å². The number of carbonyl (C=O) groups is 1. The molecular formula is C14H25ClN4O. The number of halogens is 1. The molecule has 0 unspecified atom stereocenters. The van der Waals surface area contributed by atoms with Crippen molar-refractivity contribution < 1.29 is 4.79 Å². The predicted octanol–water partition coefficient (Wildman–Crippen LogP) is 1.70. The minimum Gasteiger partial charge on any atom is -0.336 e. The number of carbonyl (C=O) groups excluding carboxylic acids is 1. The number of rotatable bonds is 4. The molecule has 0 aromatic carbocycles. The molecule has 1 aliphatic rings. The van der Waals surface area contributed by atoms with Crippen molar-refractivity contribution in [1.29, 1.82) is 0 Å². The molecule has 1 aliphatic heterocycles. The molecule has 20 heavy (non-hydrogen) atoms. The van der Waals surface area contributed by atoms with E-state index >= 15 is 0 Å². The van der Waals surface area contributed by atoms with Gasteiger partial charge in [0.15, 0.2) is 0 Å². The Morgan fingerprint density at radius 3 is 2.65 bits per heavy atom. The van der Waals surface area contributed by atoms with Crippen LogP contribution in [-0.4, -0.2) is 46.8 Å². The first-order valence-corrected chi connectivity index (χ1v) is 7.12. The van der Waals surface area contributed by atoms with Crippen LogP contribution in [0.3, 0.4) is 0 Å². The molecule has 0 bridgehead atoms. The summed E-state index contributed by atoms with van der Waals surface area (Å²) in [5.41, 5.74) is 1.75. The molecule has 2 rings (SSSR count). The van der Waals surface area contributed by atoms with Crippen LogP contribution in [0.5, 0.6) is 0 Å². The Bertz CT molecular complexity index is 438. The standard InChI is InChI=1S/C14H24N4O.ClH/c1-11(2)4-7-18-12(3)13(10-16-18)14(19)17-8-5-15-6-9-17;/h10-11,15H,4-9H2,1-3H3;1H. The molecule has 1 aromatic rings. The van der Waals surface area contributed by atoms with Crippen LogP contribution in [0.25, 0.3) is 0 Å². The molecule has 6 heteroatoms. The molecular weight excluding hydrogens is 276 g/mol. The maximum absolute atomic E-state index is 12.4. The molecule has 0 radical (unpaired) electrons. The third-order valence-corrected chi connectivity index (χ3v) is 3.66. The lowest BCUT2D eigenvalue weighted by atomic mass is 10.1. The highest BCUT2D eigenvalue weighted by Crippen LogP contribution is 2.13. The van der Waals surface area contributed by atoms with Crippen molar-refractivity contribution in [3.05, 3.63) is 17.5 Å². The highest BCUT2D eigenvalue weighted by Gasteiger charge is 2.21. The Morgan fingerprint density at radius 1 is 1.40 bits per heavy atom. The highest BCUT2D eigenvalue weighted by atomic mass is 35.5. The second-order valence-corrected chi connectivity index (χ2v) is 5.59. The van der Waals surface area contributed by atoms with E-state index in [-0.39, 0.29) is 18.3 Å². The highest BCUT2D eigenvalue weighted by molar-refractivity contribution is 5.95. The Balaban J connectivity index is 0.00000200. The van der Waals surface area contributed by atoms with Crippen molar-refractivity contribution in [2.24, 2.45) is 5.92 Å². The quantitative estimate of drug-likeness (QED) is 0.921. The van der Waals surface area contributed by atoms with Gasteiger partial charge in [-0.3, -0.25) is 9.48 Å². The molecule has 114 valence electrons. The van der Waals surface area contributed by atoms with Gasteiger partial charge >= 0.3 is 0 Å². The second kappa shape index (κ2) is 7.64. The summed E-state index contributed by atoms with van der Waals surface area (Å²) in [6.07, 6.45) is 2.81. The van der Waals surface area contributed by atoms with Gasteiger partial charge in [0.2, 0.25) is 0 Å². The van der Waals surface area contributed by atoms with Crippen LogP contribution in [0.2, 0.25) is 0 Å². The fourth-order valence-electron chi connectivity index (χ4n) is 2.30. The zero-order valence-corrected chi connectivity index (χ0v) is 13.4. The lowest BCUT2D eigenvalue weighted by Gasteiger charge is -2.27. The van der Waals surface area contributed by atoms with Crippen LogP contribution >= 0.6 is 12.4 Å². The Morgan fingerprint density at radius 2 is 2.05 bits per heavy atom. The summed E-state index contributed by atoms with van der Waals surface area (Å²) in [4.78, 5) is 14.3. The Kier molecular flexibility index (Phi) is 6.49. The first-order chi connectivity index (χ1) is 9.09. The van der Waals surface area contributed by atoms with Crippen LogP contribution < -0.4 is 5.32 Å². The molecule has 0 spiro atoms. The SMILES string of the molecule is Cc1c(C(=O)N2CCNCC2)cnn1CCC(C)C.Cl. The number of hydrogen-bond acceptors (Lipinski definition) is 3. The molecule has 5 nitrogen and oxygen atoms in total. The van der Waals surface area contributed by atoms with Crippen molar-refractivity contribution in [1.82, 2.24) is 20.0 Å². The fraction of sp³-hybridized carbons (Fsp3) is 0.714. The van der Waals surface area contributed by atoms with Crippen molar-refractivity contribution in [3.8, 4) is 0 Å². The number of piperazine rings is 1. The number of aromatic nitrogens is 2. The largest absolute Gasteiger partial charge is 0.336 e. The van der Waals surface area contributed by atoms with Crippen LogP contribution in [-0.2, 0) is 6.54 Å². The number of aryl methyl sites for hydroxylation is 1. The van der Waals surface area contributed by atoms with E-state index in [1.165, 1.54) is 0 Å². The van der Waals surface area contributed by atoms with Crippen molar-refractivity contribution >= 4 is 18.3 Å². The summed E-state index contributed by atoms with van der Waals surface area (Å²) in [7, 11) is 0. The van der Waals surface area contributed by atoms with E-state index < -0.39 is 0 Å². The maximum atomic E-state index is 12.4. The minimum absolute atomic E-state index is 0. The molecule has 0 atom stereocenters. The van der Waals surface area contributed by atoms with Gasteiger partial charge in [-0.2, -0.15) is 5.10 Å². The molecule has 0 saturated carbocycles. The summed E-state index contributed by atoms with van der Waals surface area (Å²) in [5, 5.41) is 7.62. The van der Waals surface area contributed by atoms with Gasteiger partial charge in [0.25, 0.3) is 5.91 Å². The van der Waals surface area contributed by atoms with E-state index in [0.29, 0.717) is 5.92 Å². The van der Waals surface area contributed by atoms with Crippen LogP contribution in [0, 0.1) is 12.8 Å². The third-order valence-electron chi connectivity index (χ3n) is 3.66. The molecule has 1 aromatic heterocycles. The minimum atomic E-state index is 0. The van der Waals surface area contributed by atoms with Gasteiger partial charge in [0, 0.05) is 38.4 Å². The van der Waals surface area contributed by atoms with E-state index in [9.17, 15) is 4.79 Å². The third kappa shape index (κ3) is 3.96. The molecule has 1 fully saturated rings. The summed E-state index contributed by atoms with van der Waals surface area (Å²) in [5.74, 6) is 0.769. The smallest absolute Gasteiger partial charge is 0.257 e. The zero-order chi connectivity index (χ0) is 13.8. The average Bonchev–Trinajstić information content (AvgIpc) is 2.78. The van der Waals surface area contributed by atoms with Gasteiger partial charge in [0.05, 0.1) is 11.8 Å². The van der Waals surface area contributed by atoms with Crippen molar-refractivity contribution in [3.63, 3.8) is 0 Å². The molecule has 0 aliphatic carbocycles. The van der Waals surface area contributed by atoms with E-state index in [1.807, 2.05) is 16.5 Å². The van der Waals surface area contributed by atoms with Gasteiger partial charge < -0.3 is 10.2 Å². The van der Waals surface area contributed by atoms with Gasteiger partial charge in [-0.05, 0) is 19.3 Å². The Hall–Kier alpha value is -1.07.